The number of ether oxygens (including phenoxy) is 1. The van der Waals surface area contributed by atoms with Crippen molar-refractivity contribution < 1.29 is 19.4 Å². The number of carboxylic acids is 1. The summed E-state index contributed by atoms with van der Waals surface area (Å²) in [6, 6.07) is 18.6. The van der Waals surface area contributed by atoms with Crippen LogP contribution in [0.25, 0.3) is 21.8 Å². The number of fused-ring (bicyclic) bond motifs is 2. The topological polar surface area (TPSA) is 95.2 Å². The highest BCUT2D eigenvalue weighted by Gasteiger charge is 2.09. The molecule has 0 aliphatic rings. The largest absolute Gasteiger partial charge is 0.477 e. The minimum atomic E-state index is -0.925. The van der Waals surface area contributed by atoms with Crippen molar-refractivity contribution in [1.29, 1.82) is 0 Å². The number of carboxylic acid groups (broad SMARTS) is 1. The maximum absolute atomic E-state index is 11.4. The van der Waals surface area contributed by atoms with Gasteiger partial charge in [0.1, 0.15) is 11.4 Å². The van der Waals surface area contributed by atoms with Crippen molar-refractivity contribution in [2.24, 2.45) is 0 Å². The molecule has 0 amide bonds. The molecule has 0 bridgehead atoms. The Hall–Kier alpha value is -3.54. The molecule has 0 spiro atoms. The van der Waals surface area contributed by atoms with Crippen LogP contribution in [0.5, 0.6) is 0 Å². The zero-order valence-corrected chi connectivity index (χ0v) is 14.2. The van der Waals surface area contributed by atoms with Crippen LogP contribution >= 0.6 is 0 Å². The van der Waals surface area contributed by atoms with Gasteiger partial charge in [0, 0.05) is 21.8 Å². The summed E-state index contributed by atoms with van der Waals surface area (Å²) in [5, 5.41) is 10.6. The highest BCUT2D eigenvalue weighted by molar-refractivity contribution is 5.95. The van der Waals surface area contributed by atoms with E-state index in [9.17, 15) is 9.59 Å². The SMILES string of the molecule is CCOC(=O)c1cc2ccccc2[nH]1.O=C(O)c1cc2ccccc2[nH]1. The molecule has 0 fully saturated rings. The molecule has 0 saturated heterocycles. The molecule has 132 valence electrons. The van der Waals surface area contributed by atoms with Crippen molar-refractivity contribution in [2.75, 3.05) is 6.61 Å². The second kappa shape index (κ2) is 7.57. The average Bonchev–Trinajstić information content (AvgIpc) is 3.26. The van der Waals surface area contributed by atoms with Crippen LogP contribution in [0, 0.1) is 0 Å². The van der Waals surface area contributed by atoms with E-state index in [1.54, 1.807) is 19.1 Å². The van der Waals surface area contributed by atoms with Gasteiger partial charge in [0.25, 0.3) is 0 Å². The van der Waals surface area contributed by atoms with Crippen LogP contribution in [0.4, 0.5) is 0 Å². The van der Waals surface area contributed by atoms with Gasteiger partial charge in [-0.25, -0.2) is 9.59 Å². The Labute approximate surface area is 149 Å². The number of aromatic amines is 2. The monoisotopic (exact) mass is 350 g/mol. The Morgan fingerprint density at radius 2 is 1.38 bits per heavy atom. The van der Waals surface area contributed by atoms with Crippen molar-refractivity contribution >= 4 is 33.7 Å². The summed E-state index contributed by atoms with van der Waals surface area (Å²) >= 11 is 0. The Morgan fingerprint density at radius 3 is 1.88 bits per heavy atom. The van der Waals surface area contributed by atoms with Gasteiger partial charge in [-0.05, 0) is 31.2 Å². The van der Waals surface area contributed by atoms with Gasteiger partial charge in [-0.2, -0.15) is 0 Å². The van der Waals surface area contributed by atoms with Crippen LogP contribution in [-0.4, -0.2) is 33.6 Å². The first-order valence-corrected chi connectivity index (χ1v) is 8.14. The number of aromatic carboxylic acids is 1. The molecule has 6 nitrogen and oxygen atoms in total. The number of benzene rings is 2. The average molecular weight is 350 g/mol. The van der Waals surface area contributed by atoms with E-state index in [1.165, 1.54) is 0 Å². The standard InChI is InChI=1S/C11H11NO2.C9H7NO2/c1-2-14-11(13)10-7-8-5-3-4-6-9(8)12-10;11-9(12)8-5-6-3-1-2-4-7(6)10-8/h3-7,12H,2H2,1H3;1-5,10H,(H,11,12). The zero-order chi connectivity index (χ0) is 18.5. The number of nitrogens with one attached hydrogen (secondary N) is 2. The number of carbonyl (C=O) groups is 2. The molecule has 26 heavy (non-hydrogen) atoms. The maximum atomic E-state index is 11.4. The summed E-state index contributed by atoms with van der Waals surface area (Å²) in [5.74, 6) is -1.23. The first kappa shape index (κ1) is 17.3. The molecule has 0 radical (unpaired) electrons. The van der Waals surface area contributed by atoms with Gasteiger partial charge in [0.2, 0.25) is 0 Å². The van der Waals surface area contributed by atoms with Crippen molar-refractivity contribution in [3.05, 3.63) is 72.1 Å². The van der Waals surface area contributed by atoms with Crippen molar-refractivity contribution in [3.8, 4) is 0 Å². The molecule has 0 aliphatic heterocycles. The maximum Gasteiger partial charge on any atom is 0.354 e. The number of aromatic nitrogens is 2. The molecule has 6 heteroatoms. The minimum Gasteiger partial charge on any atom is -0.477 e. The van der Waals surface area contributed by atoms with Gasteiger partial charge >= 0.3 is 11.9 Å². The molecule has 0 saturated carbocycles. The van der Waals surface area contributed by atoms with Crippen LogP contribution in [-0.2, 0) is 4.74 Å². The van der Waals surface area contributed by atoms with E-state index < -0.39 is 5.97 Å². The molecule has 2 aromatic heterocycles. The Bertz CT molecular complexity index is 996. The molecule has 0 aliphatic carbocycles. The lowest BCUT2D eigenvalue weighted by atomic mass is 10.2. The Morgan fingerprint density at radius 1 is 0.885 bits per heavy atom. The van der Waals surface area contributed by atoms with Gasteiger partial charge in [-0.3, -0.25) is 0 Å². The second-order valence-electron chi connectivity index (χ2n) is 5.57. The summed E-state index contributed by atoms with van der Waals surface area (Å²) in [5.41, 5.74) is 2.55. The predicted octanol–water partition coefficient (Wildman–Crippen LogP) is 4.21. The summed E-state index contributed by atoms with van der Waals surface area (Å²) in [6.07, 6.45) is 0. The number of hydrogen-bond acceptors (Lipinski definition) is 3. The summed E-state index contributed by atoms with van der Waals surface area (Å²) < 4.78 is 4.89. The quantitative estimate of drug-likeness (QED) is 0.482. The van der Waals surface area contributed by atoms with Crippen LogP contribution in [0.1, 0.15) is 27.9 Å². The van der Waals surface area contributed by atoms with Crippen LogP contribution in [0.2, 0.25) is 0 Å². The number of rotatable bonds is 3. The molecule has 3 N–H and O–H groups in total. The van der Waals surface area contributed by atoms with Gasteiger partial charge in [-0.1, -0.05) is 36.4 Å². The van der Waals surface area contributed by atoms with Gasteiger partial charge in [0.05, 0.1) is 6.61 Å². The van der Waals surface area contributed by atoms with Crippen molar-refractivity contribution in [1.82, 2.24) is 9.97 Å². The van der Waals surface area contributed by atoms with Crippen molar-refractivity contribution in [3.63, 3.8) is 0 Å². The summed E-state index contributed by atoms with van der Waals surface area (Å²) in [7, 11) is 0. The third-order valence-corrected chi connectivity index (χ3v) is 3.79. The molecule has 0 atom stereocenters. The van der Waals surface area contributed by atoms with E-state index in [1.807, 2.05) is 48.5 Å². The third kappa shape index (κ3) is 3.75. The molecule has 4 aromatic rings. The number of carbonyl (C=O) groups excluding carboxylic acids is 1. The number of para-hydroxylation sites is 2. The fourth-order valence-corrected chi connectivity index (χ4v) is 2.58. The predicted molar refractivity (Wildman–Crippen MR) is 99.5 cm³/mol. The highest BCUT2D eigenvalue weighted by atomic mass is 16.5. The second-order valence-corrected chi connectivity index (χ2v) is 5.57. The van der Waals surface area contributed by atoms with Crippen LogP contribution in [0.15, 0.2) is 60.7 Å². The molecule has 2 heterocycles. The summed E-state index contributed by atoms with van der Waals surface area (Å²) in [6.45, 7) is 2.19. The van der Waals surface area contributed by atoms with Crippen LogP contribution < -0.4 is 0 Å². The highest BCUT2D eigenvalue weighted by Crippen LogP contribution is 2.15. The first-order valence-electron chi connectivity index (χ1n) is 8.14. The fraction of sp³-hybridized carbons (Fsp3) is 0.100. The third-order valence-electron chi connectivity index (χ3n) is 3.79. The van der Waals surface area contributed by atoms with Crippen molar-refractivity contribution in [2.45, 2.75) is 6.92 Å². The molecule has 0 unspecified atom stereocenters. The van der Waals surface area contributed by atoms with E-state index >= 15 is 0 Å². The normalized spacial score (nSPS) is 10.3. The van der Waals surface area contributed by atoms with Gasteiger partial charge in [0.15, 0.2) is 0 Å². The Balaban J connectivity index is 0.000000152. The summed E-state index contributed by atoms with van der Waals surface area (Å²) in [4.78, 5) is 27.7. The van der Waals surface area contributed by atoms with E-state index in [0.29, 0.717) is 12.3 Å². The van der Waals surface area contributed by atoms with E-state index in [-0.39, 0.29) is 11.7 Å². The van der Waals surface area contributed by atoms with Gasteiger partial charge < -0.3 is 19.8 Å². The zero-order valence-electron chi connectivity index (χ0n) is 14.2. The molecule has 2 aromatic carbocycles. The van der Waals surface area contributed by atoms with E-state index in [2.05, 4.69) is 9.97 Å². The lowest BCUT2D eigenvalue weighted by Gasteiger charge is -1.96. The van der Waals surface area contributed by atoms with Gasteiger partial charge in [-0.15, -0.1) is 0 Å². The lowest BCUT2D eigenvalue weighted by molar-refractivity contribution is 0.0520. The molecular formula is C20H18N2O4. The van der Waals surface area contributed by atoms with Crippen LogP contribution in [0.3, 0.4) is 0 Å². The minimum absolute atomic E-state index is 0.233. The fourth-order valence-electron chi connectivity index (χ4n) is 2.58. The number of hydrogen-bond donors (Lipinski definition) is 3. The number of H-pyrrole nitrogens is 2. The van der Waals surface area contributed by atoms with E-state index in [4.69, 9.17) is 9.84 Å². The molecule has 4 rings (SSSR count). The van der Waals surface area contributed by atoms with E-state index in [0.717, 1.165) is 21.8 Å². The molecular weight excluding hydrogens is 332 g/mol. The smallest absolute Gasteiger partial charge is 0.354 e. The number of esters is 1. The Kier molecular flexibility index (Phi) is 5.03. The first-order chi connectivity index (χ1) is 12.6. The lowest BCUT2D eigenvalue weighted by Crippen LogP contribution is -2.04.